The molecule has 0 radical (unpaired) electrons. The van der Waals surface area contributed by atoms with E-state index in [2.05, 4.69) is 4.98 Å². The Labute approximate surface area is 127 Å². The van der Waals surface area contributed by atoms with E-state index in [0.717, 1.165) is 20.2 Å². The maximum absolute atomic E-state index is 12.5. The van der Waals surface area contributed by atoms with Crippen LogP contribution in [0.3, 0.4) is 0 Å². The molecule has 0 aliphatic rings. The Bertz CT molecular complexity index is 857. The van der Waals surface area contributed by atoms with Gasteiger partial charge >= 0.3 is 127 Å². The Morgan fingerprint density at radius 2 is 2.19 bits per heavy atom. The third-order valence-electron chi connectivity index (χ3n) is 3.21. The summed E-state index contributed by atoms with van der Waals surface area (Å²) in [5.41, 5.74) is 1.65. The van der Waals surface area contributed by atoms with E-state index in [9.17, 15) is 10.0 Å². The fourth-order valence-corrected chi connectivity index (χ4v) is 4.07. The Balaban J connectivity index is 2.13. The first-order chi connectivity index (χ1) is 10.1. The van der Waals surface area contributed by atoms with E-state index in [1.807, 2.05) is 38.2 Å². The van der Waals surface area contributed by atoms with E-state index in [1.165, 1.54) is 6.21 Å². The summed E-state index contributed by atoms with van der Waals surface area (Å²) in [6, 6.07) is 7.41. The van der Waals surface area contributed by atoms with Crippen LogP contribution < -0.4 is 5.56 Å². The molecule has 0 bridgehead atoms. The zero-order valence-corrected chi connectivity index (χ0v) is 13.5. The van der Waals surface area contributed by atoms with E-state index in [-0.39, 0.29) is 26.3 Å². The fourth-order valence-electron chi connectivity index (χ4n) is 2.03. The van der Waals surface area contributed by atoms with Gasteiger partial charge in [-0.1, -0.05) is 0 Å². The van der Waals surface area contributed by atoms with Crippen LogP contribution in [0.15, 0.2) is 41.5 Å². The average molecular weight is 348 g/mol. The van der Waals surface area contributed by atoms with Crippen LogP contribution in [0.1, 0.15) is 19.4 Å². The van der Waals surface area contributed by atoms with Gasteiger partial charge in [0.2, 0.25) is 0 Å². The summed E-state index contributed by atoms with van der Waals surface area (Å²) in [6.45, 7) is 3.66. The van der Waals surface area contributed by atoms with Gasteiger partial charge in [-0.25, -0.2) is 0 Å². The second-order valence-corrected chi connectivity index (χ2v) is 7.17. The van der Waals surface area contributed by atoms with Crippen molar-refractivity contribution in [3.8, 4) is 5.69 Å². The number of nitrogens with zero attached hydrogens (tertiary/aromatic N) is 2. The SMILES string of the molecule is CC(C)[N+]([O-])=Cc1ccc2[se]n(-c3cc[nH]c3)c(=O)c2c1. The predicted octanol–water partition coefficient (Wildman–Crippen LogP) is 1.71. The van der Waals surface area contributed by atoms with E-state index < -0.39 is 0 Å². The summed E-state index contributed by atoms with van der Waals surface area (Å²) in [6.07, 6.45) is 5.15. The number of H-pyrrole nitrogens is 1. The molecule has 0 unspecified atom stereocenters. The molecule has 108 valence electrons. The van der Waals surface area contributed by atoms with Gasteiger partial charge in [0.15, 0.2) is 0 Å². The topological polar surface area (TPSA) is 63.9 Å². The van der Waals surface area contributed by atoms with Crippen molar-refractivity contribution in [2.75, 3.05) is 0 Å². The molecule has 6 heteroatoms. The van der Waals surface area contributed by atoms with Crippen molar-refractivity contribution in [2.24, 2.45) is 0 Å². The first-order valence-corrected chi connectivity index (χ1v) is 8.28. The zero-order valence-electron chi connectivity index (χ0n) is 11.7. The standard InChI is InChI=1S/C15H15N3O2Se/c1-10(2)17(20)9-11-3-4-14-13(7-11)15(19)18(21-14)12-5-6-16-8-12/h3-10,16H,1-2H3. The first-order valence-electron chi connectivity index (χ1n) is 6.66. The van der Waals surface area contributed by atoms with Gasteiger partial charge < -0.3 is 0 Å². The normalized spacial score (nSPS) is 12.4. The quantitative estimate of drug-likeness (QED) is 0.258. The molecule has 0 amide bonds. The second kappa shape index (κ2) is 5.39. The molecule has 1 N–H and O–H groups in total. The summed E-state index contributed by atoms with van der Waals surface area (Å²) in [5, 5.41) is 12.4. The number of rotatable bonds is 3. The molecule has 0 aliphatic heterocycles. The third kappa shape index (κ3) is 2.60. The number of hydrogen-bond donors (Lipinski definition) is 1. The summed E-state index contributed by atoms with van der Waals surface area (Å²) >= 11 is -0.0532. The summed E-state index contributed by atoms with van der Waals surface area (Å²) in [5.74, 6) is 0. The van der Waals surface area contributed by atoms with Crippen LogP contribution in [-0.2, 0) is 0 Å². The van der Waals surface area contributed by atoms with Gasteiger partial charge in [0, 0.05) is 0 Å². The number of hydrogen-bond acceptors (Lipinski definition) is 2. The molecule has 0 saturated carbocycles. The molecule has 3 rings (SSSR count). The van der Waals surface area contributed by atoms with Crippen LogP contribution in [-0.4, -0.2) is 40.3 Å². The number of fused-ring (bicyclic) bond motifs is 1. The Morgan fingerprint density at radius 1 is 1.38 bits per heavy atom. The number of benzene rings is 1. The summed E-state index contributed by atoms with van der Waals surface area (Å²) < 4.78 is 3.74. The minimum atomic E-state index is -0.116. The summed E-state index contributed by atoms with van der Waals surface area (Å²) in [7, 11) is 0. The number of aromatic amines is 1. The zero-order chi connectivity index (χ0) is 15.0. The van der Waals surface area contributed by atoms with Crippen LogP contribution in [0, 0.1) is 5.21 Å². The van der Waals surface area contributed by atoms with Crippen molar-refractivity contribution < 1.29 is 4.74 Å². The van der Waals surface area contributed by atoms with Crippen molar-refractivity contribution in [1.29, 1.82) is 0 Å². The van der Waals surface area contributed by atoms with Crippen LogP contribution >= 0.6 is 0 Å². The van der Waals surface area contributed by atoms with Gasteiger partial charge in [0.25, 0.3) is 0 Å². The molecule has 0 atom stereocenters. The molecule has 2 aromatic heterocycles. The molecule has 21 heavy (non-hydrogen) atoms. The molecule has 2 heterocycles. The molecule has 5 nitrogen and oxygen atoms in total. The molecule has 0 aliphatic carbocycles. The minimum absolute atomic E-state index is 0.00171. The predicted molar refractivity (Wildman–Crippen MR) is 84.8 cm³/mol. The van der Waals surface area contributed by atoms with Gasteiger partial charge in [0.1, 0.15) is 0 Å². The van der Waals surface area contributed by atoms with Crippen molar-refractivity contribution in [1.82, 2.24) is 8.55 Å². The Kier molecular flexibility index (Phi) is 3.57. The van der Waals surface area contributed by atoms with E-state index >= 15 is 0 Å². The van der Waals surface area contributed by atoms with Crippen LogP contribution in [0.25, 0.3) is 15.3 Å². The molecule has 3 aromatic rings. The van der Waals surface area contributed by atoms with Crippen molar-refractivity contribution in [2.45, 2.75) is 19.9 Å². The van der Waals surface area contributed by atoms with Gasteiger partial charge in [-0.05, 0) is 0 Å². The molecule has 0 fully saturated rings. The van der Waals surface area contributed by atoms with Crippen LogP contribution in [0.4, 0.5) is 0 Å². The average Bonchev–Trinajstić information content (AvgIpc) is 3.07. The van der Waals surface area contributed by atoms with E-state index in [4.69, 9.17) is 0 Å². The molecular formula is C15H15N3O2Se. The third-order valence-corrected chi connectivity index (χ3v) is 5.54. The van der Waals surface area contributed by atoms with Gasteiger partial charge in [-0.2, -0.15) is 0 Å². The maximum atomic E-state index is 12.5. The number of hydroxylamine groups is 1. The van der Waals surface area contributed by atoms with Crippen LogP contribution in [0.2, 0.25) is 0 Å². The Hall–Kier alpha value is -2.04. The molecule has 0 spiro atoms. The Morgan fingerprint density at radius 3 is 2.86 bits per heavy atom. The van der Waals surface area contributed by atoms with E-state index in [0.29, 0.717) is 5.39 Å². The van der Waals surface area contributed by atoms with Crippen molar-refractivity contribution >= 4 is 30.6 Å². The van der Waals surface area contributed by atoms with Gasteiger partial charge in [0.05, 0.1) is 0 Å². The van der Waals surface area contributed by atoms with Gasteiger partial charge in [-0.15, -0.1) is 0 Å². The number of nitrogens with one attached hydrogen (secondary N) is 1. The fraction of sp³-hybridized carbons (Fsp3) is 0.200. The first kappa shape index (κ1) is 13.9. The van der Waals surface area contributed by atoms with Gasteiger partial charge in [-0.3, -0.25) is 0 Å². The van der Waals surface area contributed by atoms with Crippen molar-refractivity contribution in [3.63, 3.8) is 0 Å². The summed E-state index contributed by atoms with van der Waals surface area (Å²) in [4.78, 5) is 15.5. The monoisotopic (exact) mass is 349 g/mol. The number of aromatic nitrogens is 2. The molecule has 1 aromatic carbocycles. The van der Waals surface area contributed by atoms with E-state index in [1.54, 1.807) is 15.8 Å². The second-order valence-electron chi connectivity index (χ2n) is 5.10. The van der Waals surface area contributed by atoms with Crippen LogP contribution in [0.5, 0.6) is 0 Å². The van der Waals surface area contributed by atoms with Crippen molar-refractivity contribution in [3.05, 3.63) is 57.8 Å². The molecule has 0 saturated heterocycles. The molecular weight excluding hydrogens is 333 g/mol.